The predicted molar refractivity (Wildman–Crippen MR) is 43.3 cm³/mol. The average Bonchev–Trinajstić information content (AvgIpc) is 2.10. The van der Waals surface area contributed by atoms with Crippen molar-refractivity contribution in [2.24, 2.45) is 5.16 Å². The fraction of sp³-hybridized carbons (Fsp3) is 0.800. The van der Waals surface area contributed by atoms with Gasteiger partial charge in [-0.05, 0) is 13.8 Å². The third-order valence-electron chi connectivity index (χ3n) is 0.988. The van der Waals surface area contributed by atoms with E-state index in [0.29, 0.717) is 0 Å². The van der Waals surface area contributed by atoms with E-state index in [1.807, 2.05) is 0 Å². The van der Waals surface area contributed by atoms with Gasteiger partial charge >= 0.3 is 0 Å². The van der Waals surface area contributed by atoms with Crippen molar-refractivity contribution in [2.45, 2.75) is 18.6 Å². The van der Waals surface area contributed by atoms with Gasteiger partial charge in [0.25, 0.3) is 0 Å². The van der Waals surface area contributed by atoms with Gasteiger partial charge in [-0.1, -0.05) is 28.7 Å². The molecule has 0 saturated carbocycles. The van der Waals surface area contributed by atoms with Crippen molar-refractivity contribution in [3.8, 4) is 0 Å². The first kappa shape index (κ1) is 7.28. The molecule has 0 bridgehead atoms. The van der Waals surface area contributed by atoms with Gasteiger partial charge in [-0.25, -0.2) is 0 Å². The maximum atomic E-state index is 8.34. The van der Waals surface area contributed by atoms with Crippen LogP contribution in [0.5, 0.6) is 0 Å². The van der Waals surface area contributed by atoms with E-state index in [4.69, 9.17) is 5.21 Å². The van der Waals surface area contributed by atoms with Crippen molar-refractivity contribution >= 4 is 27.9 Å². The summed E-state index contributed by atoms with van der Waals surface area (Å²) in [5.41, 5.74) is 0. The Morgan fingerprint density at radius 2 is 2.33 bits per heavy atom. The molecule has 0 radical (unpaired) electrons. The zero-order valence-electron chi connectivity index (χ0n) is 5.42. The third-order valence-corrected chi connectivity index (χ3v) is 3.92. The van der Waals surface area contributed by atoms with E-state index in [9.17, 15) is 0 Å². The molecule has 1 fully saturated rings. The SMILES string of the molecule is CC1(C)CS/C(=N\O)S1. The quantitative estimate of drug-likeness (QED) is 0.438. The topological polar surface area (TPSA) is 32.6 Å². The standard InChI is InChI=1S/C5H9NOS2/c1-5(2)3-8-4(6-7)9-5/h7H,3H2,1-2H3/b6-4+. The fourth-order valence-electron chi connectivity index (χ4n) is 0.580. The maximum Gasteiger partial charge on any atom is 0.169 e. The van der Waals surface area contributed by atoms with Crippen molar-refractivity contribution in [1.29, 1.82) is 0 Å². The summed E-state index contributed by atoms with van der Waals surface area (Å²) in [5.74, 6) is 1.04. The molecule has 4 heteroatoms. The first-order valence-corrected chi connectivity index (χ1v) is 4.48. The smallest absolute Gasteiger partial charge is 0.169 e. The van der Waals surface area contributed by atoms with Crippen LogP contribution in [0, 0.1) is 0 Å². The molecule has 0 amide bonds. The largest absolute Gasteiger partial charge is 0.410 e. The molecule has 0 aliphatic carbocycles. The molecule has 1 N–H and O–H groups in total. The van der Waals surface area contributed by atoms with Gasteiger partial charge in [0.05, 0.1) is 0 Å². The van der Waals surface area contributed by atoms with Crippen molar-refractivity contribution in [3.63, 3.8) is 0 Å². The number of thioether (sulfide) groups is 2. The van der Waals surface area contributed by atoms with Crippen molar-refractivity contribution in [3.05, 3.63) is 0 Å². The zero-order valence-corrected chi connectivity index (χ0v) is 7.05. The van der Waals surface area contributed by atoms with Crippen LogP contribution >= 0.6 is 23.5 Å². The fourth-order valence-corrected chi connectivity index (χ4v) is 3.12. The first-order chi connectivity index (χ1) is 4.14. The van der Waals surface area contributed by atoms with E-state index in [1.165, 1.54) is 0 Å². The van der Waals surface area contributed by atoms with Crippen LogP contribution in [0.25, 0.3) is 0 Å². The minimum atomic E-state index is 0.256. The summed E-state index contributed by atoms with van der Waals surface area (Å²) in [6.45, 7) is 4.28. The van der Waals surface area contributed by atoms with Gasteiger partial charge in [-0.15, -0.1) is 0 Å². The highest BCUT2D eigenvalue weighted by Gasteiger charge is 2.29. The van der Waals surface area contributed by atoms with Gasteiger partial charge in [0.15, 0.2) is 4.38 Å². The van der Waals surface area contributed by atoms with E-state index >= 15 is 0 Å². The highest BCUT2D eigenvalue weighted by atomic mass is 32.2. The van der Waals surface area contributed by atoms with E-state index in [1.54, 1.807) is 23.5 Å². The van der Waals surface area contributed by atoms with E-state index in [0.717, 1.165) is 10.1 Å². The molecule has 0 aromatic heterocycles. The lowest BCUT2D eigenvalue weighted by Crippen LogP contribution is -2.12. The van der Waals surface area contributed by atoms with E-state index in [-0.39, 0.29) is 4.75 Å². The lowest BCUT2D eigenvalue weighted by molar-refractivity contribution is 0.322. The summed E-state index contributed by atoms with van der Waals surface area (Å²) >= 11 is 3.24. The molecule has 1 rings (SSSR count). The summed E-state index contributed by atoms with van der Waals surface area (Å²) in [4.78, 5) is 0. The van der Waals surface area contributed by atoms with Crippen molar-refractivity contribution < 1.29 is 5.21 Å². The van der Waals surface area contributed by atoms with Crippen LogP contribution < -0.4 is 0 Å². The number of hydrogen-bond acceptors (Lipinski definition) is 4. The van der Waals surface area contributed by atoms with Crippen LogP contribution in [0.1, 0.15) is 13.8 Å². The number of oxime groups is 1. The monoisotopic (exact) mass is 163 g/mol. The van der Waals surface area contributed by atoms with Gasteiger partial charge in [0.2, 0.25) is 0 Å². The molecule has 0 aromatic rings. The summed E-state index contributed by atoms with van der Waals surface area (Å²) in [6.07, 6.45) is 0. The van der Waals surface area contributed by atoms with Gasteiger partial charge in [0, 0.05) is 10.5 Å². The van der Waals surface area contributed by atoms with Crippen LogP contribution in [0.3, 0.4) is 0 Å². The second-order valence-electron chi connectivity index (χ2n) is 2.52. The molecule has 1 aliphatic rings. The van der Waals surface area contributed by atoms with Gasteiger partial charge < -0.3 is 5.21 Å². The molecular formula is C5H9NOS2. The Morgan fingerprint density at radius 1 is 1.67 bits per heavy atom. The molecule has 0 spiro atoms. The van der Waals surface area contributed by atoms with Gasteiger partial charge in [-0.2, -0.15) is 0 Å². The van der Waals surface area contributed by atoms with Crippen LogP contribution in [-0.2, 0) is 0 Å². The minimum absolute atomic E-state index is 0.256. The average molecular weight is 163 g/mol. The molecule has 0 aromatic carbocycles. The highest BCUT2D eigenvalue weighted by molar-refractivity contribution is 8.42. The molecule has 0 atom stereocenters. The van der Waals surface area contributed by atoms with E-state index < -0.39 is 0 Å². The van der Waals surface area contributed by atoms with Crippen LogP contribution in [-0.4, -0.2) is 20.1 Å². The summed E-state index contributed by atoms with van der Waals surface area (Å²) < 4.78 is 1.05. The van der Waals surface area contributed by atoms with Crippen LogP contribution in [0.2, 0.25) is 0 Å². The lowest BCUT2D eigenvalue weighted by atomic mass is 10.2. The second kappa shape index (κ2) is 2.42. The molecule has 1 aliphatic heterocycles. The first-order valence-electron chi connectivity index (χ1n) is 2.68. The highest BCUT2D eigenvalue weighted by Crippen LogP contribution is 2.40. The Morgan fingerprint density at radius 3 is 2.56 bits per heavy atom. The Kier molecular flexibility index (Phi) is 1.96. The summed E-state index contributed by atoms with van der Waals surface area (Å²) in [7, 11) is 0. The molecule has 9 heavy (non-hydrogen) atoms. The Balaban J connectivity index is 2.57. The van der Waals surface area contributed by atoms with Crippen molar-refractivity contribution in [1.82, 2.24) is 0 Å². The number of nitrogens with zero attached hydrogens (tertiary/aromatic N) is 1. The molecule has 1 heterocycles. The van der Waals surface area contributed by atoms with E-state index in [2.05, 4.69) is 19.0 Å². The molecule has 52 valence electrons. The molecule has 0 unspecified atom stereocenters. The van der Waals surface area contributed by atoms with Gasteiger partial charge in [0.1, 0.15) is 0 Å². The Bertz CT molecular complexity index is 144. The molecule has 2 nitrogen and oxygen atoms in total. The van der Waals surface area contributed by atoms with Crippen molar-refractivity contribution in [2.75, 3.05) is 5.75 Å². The Hall–Kier alpha value is 0.170. The van der Waals surface area contributed by atoms with Crippen LogP contribution in [0.15, 0.2) is 5.16 Å². The molecular weight excluding hydrogens is 154 g/mol. The lowest BCUT2D eigenvalue weighted by Gasteiger charge is -2.10. The second-order valence-corrected chi connectivity index (χ2v) is 5.43. The number of hydrogen-bond donors (Lipinski definition) is 1. The Labute approximate surface area is 63.1 Å². The normalized spacial score (nSPS) is 29.3. The van der Waals surface area contributed by atoms with Crippen LogP contribution in [0.4, 0.5) is 0 Å². The third kappa shape index (κ3) is 1.79. The summed E-state index contributed by atoms with van der Waals surface area (Å²) in [5, 5.41) is 11.5. The summed E-state index contributed by atoms with van der Waals surface area (Å²) in [6, 6.07) is 0. The molecule has 1 saturated heterocycles. The maximum absolute atomic E-state index is 8.34. The van der Waals surface area contributed by atoms with Gasteiger partial charge in [-0.3, -0.25) is 0 Å². The minimum Gasteiger partial charge on any atom is -0.410 e. The number of rotatable bonds is 0. The predicted octanol–water partition coefficient (Wildman–Crippen LogP) is 1.99. The zero-order chi connectivity index (χ0) is 6.91.